The molecule has 0 aromatic carbocycles. The van der Waals surface area contributed by atoms with E-state index in [4.69, 9.17) is 17.3 Å². The van der Waals surface area contributed by atoms with Crippen molar-refractivity contribution in [1.29, 1.82) is 0 Å². The minimum atomic E-state index is -0.742. The first-order valence-corrected chi connectivity index (χ1v) is 6.21. The summed E-state index contributed by atoms with van der Waals surface area (Å²) < 4.78 is 8.73. The van der Waals surface area contributed by atoms with Crippen LogP contribution in [0.15, 0.2) is 12.4 Å². The zero-order valence-electron chi connectivity index (χ0n) is 11.9. The SMILES string of the molecule is COC(=O)CC[C@H](N)C(=O)OC.O=[N+]([O-])c1cnc(Cl)nc1. The number of aromatic nitrogens is 2. The van der Waals surface area contributed by atoms with Gasteiger partial charge < -0.3 is 15.2 Å². The number of hydrogen-bond acceptors (Lipinski definition) is 9. The second-order valence-corrected chi connectivity index (χ2v) is 4.05. The van der Waals surface area contributed by atoms with E-state index in [1.54, 1.807) is 0 Å². The molecule has 0 bridgehead atoms. The molecule has 0 aliphatic rings. The van der Waals surface area contributed by atoms with Gasteiger partial charge >= 0.3 is 17.6 Å². The maximum absolute atomic E-state index is 10.7. The van der Waals surface area contributed by atoms with E-state index in [-0.39, 0.29) is 29.8 Å². The minimum absolute atomic E-state index is 0.00519. The van der Waals surface area contributed by atoms with Crippen LogP contribution in [0.1, 0.15) is 12.8 Å². The molecule has 2 N–H and O–H groups in total. The van der Waals surface area contributed by atoms with Gasteiger partial charge in [0.05, 0.1) is 19.1 Å². The number of nitrogens with two attached hydrogens (primary N) is 1. The van der Waals surface area contributed by atoms with Crippen molar-refractivity contribution < 1.29 is 24.0 Å². The van der Waals surface area contributed by atoms with Crippen LogP contribution in [0.3, 0.4) is 0 Å². The highest BCUT2D eigenvalue weighted by Gasteiger charge is 2.15. The van der Waals surface area contributed by atoms with E-state index < -0.39 is 16.9 Å². The molecule has 0 saturated carbocycles. The molecule has 1 atom stereocenters. The number of carbonyl (C=O) groups excluding carboxylic acids is 2. The number of methoxy groups -OCH3 is 2. The number of halogens is 1. The van der Waals surface area contributed by atoms with Gasteiger partial charge in [-0.25, -0.2) is 9.97 Å². The summed E-state index contributed by atoms with van der Waals surface area (Å²) in [6.07, 6.45) is 2.48. The molecular weight excluding hydrogens is 320 g/mol. The van der Waals surface area contributed by atoms with Crippen molar-refractivity contribution in [2.45, 2.75) is 18.9 Å². The van der Waals surface area contributed by atoms with Crippen LogP contribution in [0.2, 0.25) is 5.28 Å². The summed E-state index contributed by atoms with van der Waals surface area (Å²) in [5.41, 5.74) is 5.19. The summed E-state index contributed by atoms with van der Waals surface area (Å²) in [6.45, 7) is 0. The second-order valence-electron chi connectivity index (χ2n) is 3.71. The van der Waals surface area contributed by atoms with Gasteiger partial charge in [-0.05, 0) is 18.0 Å². The molecule has 0 aliphatic carbocycles. The molecule has 0 amide bonds. The Labute approximate surface area is 130 Å². The molecule has 0 spiro atoms. The number of rotatable bonds is 5. The maximum atomic E-state index is 10.7. The third-order valence-corrected chi connectivity index (χ3v) is 2.40. The van der Waals surface area contributed by atoms with E-state index in [1.807, 2.05) is 0 Å². The van der Waals surface area contributed by atoms with Gasteiger partial charge in [-0.3, -0.25) is 19.7 Å². The standard InChI is InChI=1S/C7H13NO4.C4H2ClN3O2/c1-11-6(9)4-3-5(8)7(10)12-2;5-4-6-1-3(2-7-4)8(9)10/h5H,3-4,8H2,1-2H3;1-2H/t5-;/m0./s1. The van der Waals surface area contributed by atoms with Crippen LogP contribution in [0.25, 0.3) is 0 Å². The molecule has 11 heteroatoms. The molecule has 1 rings (SSSR count). The average Bonchev–Trinajstić information content (AvgIpc) is 2.52. The van der Waals surface area contributed by atoms with Crippen LogP contribution in [-0.2, 0) is 19.1 Å². The third-order valence-electron chi connectivity index (χ3n) is 2.21. The van der Waals surface area contributed by atoms with Gasteiger partial charge in [0.1, 0.15) is 18.4 Å². The molecule has 1 heterocycles. The summed E-state index contributed by atoms with van der Waals surface area (Å²) in [5.74, 6) is -0.895. The smallest absolute Gasteiger partial charge is 0.322 e. The number of nitro groups is 1. The van der Waals surface area contributed by atoms with Crippen molar-refractivity contribution in [3.05, 3.63) is 27.8 Å². The zero-order valence-corrected chi connectivity index (χ0v) is 12.6. The van der Waals surface area contributed by atoms with Crippen LogP contribution >= 0.6 is 11.6 Å². The van der Waals surface area contributed by atoms with Crippen molar-refractivity contribution in [3.8, 4) is 0 Å². The molecule has 122 valence electrons. The Bertz CT molecular complexity index is 510. The largest absolute Gasteiger partial charge is 0.469 e. The van der Waals surface area contributed by atoms with Gasteiger partial charge in [-0.2, -0.15) is 0 Å². The molecule has 22 heavy (non-hydrogen) atoms. The average molecular weight is 335 g/mol. The number of hydrogen-bond donors (Lipinski definition) is 1. The molecule has 1 aromatic heterocycles. The van der Waals surface area contributed by atoms with Gasteiger partial charge in [-0.1, -0.05) is 0 Å². The zero-order chi connectivity index (χ0) is 17.1. The second kappa shape index (κ2) is 10.4. The van der Waals surface area contributed by atoms with Crippen molar-refractivity contribution in [2.75, 3.05) is 14.2 Å². The van der Waals surface area contributed by atoms with E-state index >= 15 is 0 Å². The Kier molecular flexibility index (Phi) is 9.30. The monoisotopic (exact) mass is 334 g/mol. The number of esters is 2. The highest BCUT2D eigenvalue weighted by molar-refractivity contribution is 6.28. The summed E-state index contributed by atoms with van der Waals surface area (Å²) >= 11 is 5.27. The Morgan fingerprint density at radius 1 is 1.36 bits per heavy atom. The van der Waals surface area contributed by atoms with Gasteiger partial charge in [0.15, 0.2) is 0 Å². The predicted octanol–water partition coefficient (Wildman–Crippen LogP) is 0.478. The summed E-state index contributed by atoms with van der Waals surface area (Å²) in [7, 11) is 2.53. The third kappa shape index (κ3) is 8.07. The molecule has 0 fully saturated rings. The van der Waals surface area contributed by atoms with E-state index in [2.05, 4.69) is 19.4 Å². The van der Waals surface area contributed by atoms with Gasteiger partial charge in [-0.15, -0.1) is 0 Å². The van der Waals surface area contributed by atoms with E-state index in [1.165, 1.54) is 14.2 Å². The summed E-state index contributed by atoms with van der Waals surface area (Å²) in [4.78, 5) is 37.5. The molecule has 10 nitrogen and oxygen atoms in total. The van der Waals surface area contributed by atoms with E-state index in [9.17, 15) is 19.7 Å². The number of carbonyl (C=O) groups is 2. The van der Waals surface area contributed by atoms with Gasteiger partial charge in [0, 0.05) is 6.42 Å². The molecule has 1 aromatic rings. The van der Waals surface area contributed by atoms with Crippen molar-refractivity contribution in [3.63, 3.8) is 0 Å². The number of ether oxygens (including phenoxy) is 2. The fraction of sp³-hybridized carbons (Fsp3) is 0.455. The Hall–Kier alpha value is -2.33. The summed E-state index contributed by atoms with van der Waals surface area (Å²) in [6, 6.07) is -0.742. The fourth-order valence-corrected chi connectivity index (χ4v) is 1.14. The first-order chi connectivity index (χ1) is 10.3. The highest BCUT2D eigenvalue weighted by Crippen LogP contribution is 2.07. The first kappa shape index (κ1) is 19.7. The minimum Gasteiger partial charge on any atom is -0.469 e. The Morgan fingerprint density at radius 3 is 2.32 bits per heavy atom. The van der Waals surface area contributed by atoms with Gasteiger partial charge in [0.25, 0.3) is 0 Å². The predicted molar refractivity (Wildman–Crippen MR) is 74.9 cm³/mol. The molecule has 0 saturated heterocycles. The lowest BCUT2D eigenvalue weighted by molar-refractivity contribution is -0.385. The normalized spacial score (nSPS) is 10.7. The van der Waals surface area contributed by atoms with Gasteiger partial charge in [0.2, 0.25) is 5.28 Å². The lowest BCUT2D eigenvalue weighted by Crippen LogP contribution is -2.32. The first-order valence-electron chi connectivity index (χ1n) is 5.84. The quantitative estimate of drug-likeness (QED) is 0.351. The van der Waals surface area contributed by atoms with E-state index in [0.717, 1.165) is 12.4 Å². The van der Waals surface area contributed by atoms with Crippen LogP contribution < -0.4 is 5.73 Å². The number of nitrogens with zero attached hydrogens (tertiary/aromatic N) is 3. The molecule has 0 aliphatic heterocycles. The van der Waals surface area contributed by atoms with E-state index in [0.29, 0.717) is 0 Å². The highest BCUT2D eigenvalue weighted by atomic mass is 35.5. The van der Waals surface area contributed by atoms with Crippen LogP contribution in [0.4, 0.5) is 5.69 Å². The maximum Gasteiger partial charge on any atom is 0.322 e. The molecular formula is C11H15ClN4O6. The fourth-order valence-electron chi connectivity index (χ4n) is 1.04. The lowest BCUT2D eigenvalue weighted by atomic mass is 10.2. The van der Waals surface area contributed by atoms with Crippen LogP contribution in [-0.4, -0.2) is 47.1 Å². The van der Waals surface area contributed by atoms with Crippen LogP contribution in [0.5, 0.6) is 0 Å². The van der Waals surface area contributed by atoms with Crippen LogP contribution in [0, 0.1) is 10.1 Å². The Morgan fingerprint density at radius 2 is 1.91 bits per heavy atom. The lowest BCUT2D eigenvalue weighted by Gasteiger charge is -2.07. The van der Waals surface area contributed by atoms with Crippen molar-refractivity contribution in [1.82, 2.24) is 9.97 Å². The van der Waals surface area contributed by atoms with Crippen molar-refractivity contribution in [2.24, 2.45) is 5.73 Å². The topological polar surface area (TPSA) is 148 Å². The summed E-state index contributed by atoms with van der Waals surface area (Å²) in [5, 5.41) is 10.00. The Balaban J connectivity index is 0.000000406. The molecule has 0 unspecified atom stereocenters. The van der Waals surface area contributed by atoms with Crippen molar-refractivity contribution >= 4 is 29.2 Å². The molecule has 0 radical (unpaired) electrons.